The van der Waals surface area contributed by atoms with Crippen LogP contribution in [0.25, 0.3) is 0 Å². The SMILES string of the molecule is CNS(=O)(=O)c1ccoc1C(=O)Nc1ccccc1. The van der Waals surface area contributed by atoms with Crippen LogP contribution in [0.5, 0.6) is 0 Å². The highest BCUT2D eigenvalue weighted by molar-refractivity contribution is 7.89. The molecule has 0 saturated heterocycles. The van der Waals surface area contributed by atoms with E-state index in [9.17, 15) is 13.2 Å². The maximum Gasteiger partial charge on any atom is 0.292 e. The number of carbonyl (C=O) groups is 1. The summed E-state index contributed by atoms with van der Waals surface area (Å²) in [5.74, 6) is -0.872. The lowest BCUT2D eigenvalue weighted by Crippen LogP contribution is -2.22. The maximum atomic E-state index is 12.0. The molecule has 1 amide bonds. The van der Waals surface area contributed by atoms with Crippen LogP contribution in [0.1, 0.15) is 10.6 Å². The van der Waals surface area contributed by atoms with Crippen LogP contribution in [0.4, 0.5) is 5.69 Å². The molecule has 1 heterocycles. The molecule has 100 valence electrons. The van der Waals surface area contributed by atoms with Crippen molar-refractivity contribution in [3.05, 3.63) is 48.4 Å². The molecule has 1 aromatic heterocycles. The Morgan fingerprint density at radius 3 is 2.47 bits per heavy atom. The van der Waals surface area contributed by atoms with Crippen LogP contribution in [0, 0.1) is 0 Å². The number of carbonyl (C=O) groups excluding carboxylic acids is 1. The first kappa shape index (κ1) is 13.3. The summed E-state index contributed by atoms with van der Waals surface area (Å²) in [4.78, 5) is 11.8. The number of rotatable bonds is 4. The number of hydrogen-bond donors (Lipinski definition) is 2. The minimum atomic E-state index is -3.73. The average Bonchev–Trinajstić information content (AvgIpc) is 2.90. The lowest BCUT2D eigenvalue weighted by Gasteiger charge is -2.05. The molecule has 0 aliphatic rings. The first-order valence-electron chi connectivity index (χ1n) is 5.42. The third-order valence-corrected chi connectivity index (χ3v) is 3.86. The van der Waals surface area contributed by atoms with Crippen molar-refractivity contribution in [2.45, 2.75) is 4.90 Å². The lowest BCUT2D eigenvalue weighted by molar-refractivity contribution is 0.0992. The number of para-hydroxylation sites is 1. The van der Waals surface area contributed by atoms with Crippen molar-refractivity contribution in [3.8, 4) is 0 Å². The van der Waals surface area contributed by atoms with E-state index in [4.69, 9.17) is 4.42 Å². The summed E-state index contributed by atoms with van der Waals surface area (Å²) in [7, 11) is -2.46. The van der Waals surface area contributed by atoms with Gasteiger partial charge in [0.1, 0.15) is 4.90 Å². The van der Waals surface area contributed by atoms with Gasteiger partial charge in [0.25, 0.3) is 5.91 Å². The van der Waals surface area contributed by atoms with E-state index in [-0.39, 0.29) is 10.7 Å². The number of furan rings is 1. The number of hydrogen-bond acceptors (Lipinski definition) is 4. The Hall–Kier alpha value is -2.12. The summed E-state index contributed by atoms with van der Waals surface area (Å²) < 4.78 is 30.5. The molecule has 19 heavy (non-hydrogen) atoms. The fraction of sp³-hybridized carbons (Fsp3) is 0.0833. The van der Waals surface area contributed by atoms with E-state index in [0.29, 0.717) is 5.69 Å². The van der Waals surface area contributed by atoms with Crippen molar-refractivity contribution < 1.29 is 17.6 Å². The number of amides is 1. The van der Waals surface area contributed by atoms with Crippen molar-refractivity contribution in [3.63, 3.8) is 0 Å². The third kappa shape index (κ3) is 2.83. The summed E-state index contributed by atoms with van der Waals surface area (Å²) in [6.07, 6.45) is 1.16. The van der Waals surface area contributed by atoms with E-state index in [0.717, 1.165) is 6.26 Å². The van der Waals surface area contributed by atoms with Crippen LogP contribution < -0.4 is 10.0 Å². The quantitative estimate of drug-likeness (QED) is 0.887. The van der Waals surface area contributed by atoms with Crippen molar-refractivity contribution in [1.82, 2.24) is 4.72 Å². The van der Waals surface area contributed by atoms with E-state index >= 15 is 0 Å². The molecule has 0 saturated carbocycles. The largest absolute Gasteiger partial charge is 0.458 e. The van der Waals surface area contributed by atoms with Gasteiger partial charge in [-0.15, -0.1) is 0 Å². The smallest absolute Gasteiger partial charge is 0.292 e. The molecule has 0 aliphatic heterocycles. The second kappa shape index (κ2) is 5.25. The van der Waals surface area contributed by atoms with E-state index in [1.807, 2.05) is 0 Å². The van der Waals surface area contributed by atoms with Crippen molar-refractivity contribution >= 4 is 21.6 Å². The first-order valence-corrected chi connectivity index (χ1v) is 6.90. The number of sulfonamides is 1. The molecule has 2 N–H and O–H groups in total. The van der Waals surface area contributed by atoms with E-state index in [1.165, 1.54) is 13.1 Å². The average molecular weight is 280 g/mol. The maximum absolute atomic E-state index is 12.0. The van der Waals surface area contributed by atoms with Gasteiger partial charge in [-0.2, -0.15) is 0 Å². The van der Waals surface area contributed by atoms with Gasteiger partial charge < -0.3 is 9.73 Å². The highest BCUT2D eigenvalue weighted by Crippen LogP contribution is 2.18. The van der Waals surface area contributed by atoms with Gasteiger partial charge in [0.2, 0.25) is 15.8 Å². The molecule has 2 rings (SSSR count). The van der Waals surface area contributed by atoms with E-state index < -0.39 is 15.9 Å². The van der Waals surface area contributed by atoms with Gasteiger partial charge in [0, 0.05) is 5.69 Å². The molecular formula is C12H12N2O4S. The molecule has 0 atom stereocenters. The van der Waals surface area contributed by atoms with E-state index in [1.54, 1.807) is 30.3 Å². The molecule has 2 aromatic rings. The van der Waals surface area contributed by atoms with Gasteiger partial charge in [-0.05, 0) is 25.2 Å². The Bertz CT molecular complexity index is 677. The number of benzene rings is 1. The van der Waals surface area contributed by atoms with Gasteiger partial charge in [-0.25, -0.2) is 13.1 Å². The highest BCUT2D eigenvalue weighted by Gasteiger charge is 2.24. The minimum Gasteiger partial charge on any atom is -0.458 e. The van der Waals surface area contributed by atoms with Gasteiger partial charge in [0.15, 0.2) is 0 Å². The topological polar surface area (TPSA) is 88.4 Å². The molecule has 0 unspecified atom stereocenters. The van der Waals surface area contributed by atoms with Crippen LogP contribution in [0.15, 0.2) is 52.0 Å². The Kier molecular flexibility index (Phi) is 3.68. The monoisotopic (exact) mass is 280 g/mol. The van der Waals surface area contributed by atoms with Gasteiger partial charge in [-0.3, -0.25) is 4.79 Å². The molecule has 6 nitrogen and oxygen atoms in total. The van der Waals surface area contributed by atoms with E-state index in [2.05, 4.69) is 10.0 Å². The zero-order valence-electron chi connectivity index (χ0n) is 10.1. The van der Waals surface area contributed by atoms with Gasteiger partial charge in [-0.1, -0.05) is 18.2 Å². The first-order chi connectivity index (χ1) is 9.04. The Morgan fingerprint density at radius 2 is 1.84 bits per heavy atom. The number of nitrogens with one attached hydrogen (secondary N) is 2. The second-order valence-electron chi connectivity index (χ2n) is 3.64. The summed E-state index contributed by atoms with van der Waals surface area (Å²) in [5.41, 5.74) is 0.553. The number of anilines is 1. The van der Waals surface area contributed by atoms with Crippen molar-refractivity contribution in [1.29, 1.82) is 0 Å². The predicted octanol–water partition coefficient (Wildman–Crippen LogP) is 1.44. The summed E-state index contributed by atoms with van der Waals surface area (Å²) in [5, 5.41) is 2.56. The molecule has 1 aromatic carbocycles. The fourth-order valence-corrected chi connectivity index (χ4v) is 2.33. The standard InChI is InChI=1S/C12H12N2O4S/c1-13-19(16,17)10-7-8-18-11(10)12(15)14-9-5-3-2-4-6-9/h2-8,13H,1H3,(H,14,15). The van der Waals surface area contributed by atoms with Gasteiger partial charge >= 0.3 is 0 Å². The molecule has 0 radical (unpaired) electrons. The van der Waals surface area contributed by atoms with Crippen LogP contribution in [0.3, 0.4) is 0 Å². The molecule has 0 fully saturated rings. The zero-order valence-corrected chi connectivity index (χ0v) is 10.9. The predicted molar refractivity (Wildman–Crippen MR) is 69.3 cm³/mol. The molecule has 0 spiro atoms. The summed E-state index contributed by atoms with van der Waals surface area (Å²) in [6.45, 7) is 0. The molecule has 0 aliphatic carbocycles. The molecule has 7 heteroatoms. The van der Waals surface area contributed by atoms with Crippen LogP contribution in [-0.4, -0.2) is 21.4 Å². The lowest BCUT2D eigenvalue weighted by atomic mass is 10.3. The van der Waals surface area contributed by atoms with Crippen molar-refractivity contribution in [2.75, 3.05) is 12.4 Å². The Labute approximate surface area is 110 Å². The normalized spacial score (nSPS) is 11.2. The van der Waals surface area contributed by atoms with Crippen LogP contribution in [-0.2, 0) is 10.0 Å². The third-order valence-electron chi connectivity index (χ3n) is 2.43. The van der Waals surface area contributed by atoms with Crippen molar-refractivity contribution in [2.24, 2.45) is 0 Å². The molecular weight excluding hydrogens is 268 g/mol. The Morgan fingerprint density at radius 1 is 1.16 bits per heavy atom. The zero-order chi connectivity index (χ0) is 13.9. The van der Waals surface area contributed by atoms with Crippen LogP contribution >= 0.6 is 0 Å². The molecule has 0 bridgehead atoms. The van der Waals surface area contributed by atoms with Crippen LogP contribution in [0.2, 0.25) is 0 Å². The Balaban J connectivity index is 2.29. The summed E-state index contributed by atoms with van der Waals surface area (Å²) >= 11 is 0. The minimum absolute atomic E-state index is 0.191. The summed E-state index contributed by atoms with van der Waals surface area (Å²) in [6, 6.07) is 9.91. The second-order valence-corrected chi connectivity index (χ2v) is 5.50. The fourth-order valence-electron chi connectivity index (χ4n) is 1.49. The van der Waals surface area contributed by atoms with Gasteiger partial charge in [0.05, 0.1) is 6.26 Å². The highest BCUT2D eigenvalue weighted by atomic mass is 32.2.